The maximum Gasteiger partial charge on any atom is 0.347 e. The molecule has 0 fully saturated rings. The molecule has 8 N–H and O–H groups in total. The van der Waals surface area contributed by atoms with Crippen LogP contribution in [-0.4, -0.2) is 87.5 Å². The van der Waals surface area contributed by atoms with Gasteiger partial charge in [-0.25, -0.2) is 4.79 Å². The second kappa shape index (κ2) is 10.1. The lowest BCUT2D eigenvalue weighted by Crippen LogP contribution is -2.52. The average Bonchev–Trinajstić information content (AvgIpc) is 2.50. The van der Waals surface area contributed by atoms with Crippen molar-refractivity contribution in [1.82, 2.24) is 5.32 Å². The molecule has 1 amide bonds. The Bertz CT molecular complexity index is 417. The van der Waals surface area contributed by atoms with Gasteiger partial charge in [0.1, 0.15) is 24.4 Å². The molecule has 11 heteroatoms. The van der Waals surface area contributed by atoms with Gasteiger partial charge in [0, 0.05) is 6.42 Å². The molecule has 0 aromatic rings. The molecule has 0 spiro atoms. The summed E-state index contributed by atoms with van der Waals surface area (Å²) in [5.41, 5.74) is 4.94. The fourth-order valence-electron chi connectivity index (χ4n) is 1.65. The molecule has 0 aromatic heterocycles. The Morgan fingerprint density at radius 2 is 1.74 bits per heavy atom. The number of hydrogen-bond acceptors (Lipinski definition) is 9. The van der Waals surface area contributed by atoms with Gasteiger partial charge in [-0.15, -0.1) is 0 Å². The van der Waals surface area contributed by atoms with Crippen LogP contribution in [0.1, 0.15) is 12.8 Å². The normalized spacial score (nSPS) is 17.6. The first kappa shape index (κ1) is 21.2. The third kappa shape index (κ3) is 6.88. The lowest BCUT2D eigenvalue weighted by atomic mass is 10.0. The second-order valence-electron chi connectivity index (χ2n) is 4.77. The van der Waals surface area contributed by atoms with Gasteiger partial charge in [-0.3, -0.25) is 9.59 Å². The number of hydrogen-bond donors (Lipinski definition) is 7. The summed E-state index contributed by atoms with van der Waals surface area (Å²) in [6, 6.07) is -1.06. The number of aliphatic hydroxyl groups excluding tert-OH is 4. The van der Waals surface area contributed by atoms with Crippen molar-refractivity contribution < 1.29 is 44.7 Å². The van der Waals surface area contributed by atoms with Crippen molar-refractivity contribution in [2.45, 2.75) is 43.3 Å². The third-order valence-electron chi connectivity index (χ3n) is 3.04. The molecule has 0 saturated carbocycles. The van der Waals surface area contributed by atoms with Gasteiger partial charge < -0.3 is 41.3 Å². The molecule has 11 nitrogen and oxygen atoms in total. The first-order valence-corrected chi connectivity index (χ1v) is 6.69. The zero-order valence-corrected chi connectivity index (χ0v) is 12.5. The SMILES string of the molecule is CN[C@@H](CCC(N)=O)C(=O)O[C@@H](C(=O)O)[C@@H](O)[C@H](O)[C@H](O)CO. The lowest BCUT2D eigenvalue weighted by Gasteiger charge is -2.27. The monoisotopic (exact) mass is 338 g/mol. The van der Waals surface area contributed by atoms with Gasteiger partial charge in [0.2, 0.25) is 12.0 Å². The number of carboxylic acid groups (broad SMARTS) is 1. The molecule has 0 aromatic carbocycles. The summed E-state index contributed by atoms with van der Waals surface area (Å²) in [6.07, 6.45) is -8.44. The molecule has 5 atom stereocenters. The van der Waals surface area contributed by atoms with E-state index in [0.29, 0.717) is 0 Å². The molecule has 23 heavy (non-hydrogen) atoms. The minimum absolute atomic E-state index is 0.0606. The van der Waals surface area contributed by atoms with E-state index in [1.807, 2.05) is 0 Å². The van der Waals surface area contributed by atoms with Crippen LogP contribution >= 0.6 is 0 Å². The number of aliphatic hydroxyl groups is 4. The minimum atomic E-state index is -2.18. The summed E-state index contributed by atoms with van der Waals surface area (Å²) in [7, 11) is 1.36. The van der Waals surface area contributed by atoms with Crippen LogP contribution in [0, 0.1) is 0 Å². The molecule has 134 valence electrons. The van der Waals surface area contributed by atoms with E-state index < -0.39 is 54.9 Å². The van der Waals surface area contributed by atoms with Crippen molar-refractivity contribution in [2.75, 3.05) is 13.7 Å². The van der Waals surface area contributed by atoms with E-state index >= 15 is 0 Å². The van der Waals surface area contributed by atoms with Crippen LogP contribution in [0.3, 0.4) is 0 Å². The lowest BCUT2D eigenvalue weighted by molar-refractivity contribution is -0.183. The van der Waals surface area contributed by atoms with Crippen LogP contribution in [0.25, 0.3) is 0 Å². The van der Waals surface area contributed by atoms with Gasteiger partial charge in [-0.05, 0) is 13.5 Å². The van der Waals surface area contributed by atoms with Gasteiger partial charge in [-0.1, -0.05) is 0 Å². The number of ether oxygens (including phenoxy) is 1. The van der Waals surface area contributed by atoms with E-state index in [1.165, 1.54) is 7.05 Å². The minimum Gasteiger partial charge on any atom is -0.478 e. The van der Waals surface area contributed by atoms with Crippen molar-refractivity contribution >= 4 is 17.8 Å². The number of amides is 1. The summed E-state index contributed by atoms with van der Waals surface area (Å²) >= 11 is 0. The third-order valence-corrected chi connectivity index (χ3v) is 3.04. The highest BCUT2D eigenvalue weighted by Crippen LogP contribution is 2.11. The van der Waals surface area contributed by atoms with E-state index in [4.69, 9.17) is 15.9 Å². The molecule has 0 heterocycles. The van der Waals surface area contributed by atoms with Crippen molar-refractivity contribution in [3.8, 4) is 0 Å². The number of nitrogens with two attached hydrogens (primary N) is 1. The summed E-state index contributed by atoms with van der Waals surface area (Å²) in [5.74, 6) is -3.53. The number of esters is 1. The van der Waals surface area contributed by atoms with Crippen molar-refractivity contribution in [2.24, 2.45) is 5.73 Å². The predicted molar refractivity (Wildman–Crippen MR) is 73.9 cm³/mol. The molecule has 0 bridgehead atoms. The number of carbonyl (C=O) groups excluding carboxylic acids is 2. The first-order chi connectivity index (χ1) is 10.6. The summed E-state index contributed by atoms with van der Waals surface area (Å²) in [4.78, 5) is 33.6. The van der Waals surface area contributed by atoms with E-state index in [9.17, 15) is 29.7 Å². The standard InChI is InChI=1S/C12H22N2O9/c1-14-5(2-3-7(13)17)12(22)23-10(11(20)21)9(19)8(18)6(16)4-15/h5-6,8-10,14-16,18-19H,2-4H2,1H3,(H2,13,17)(H,20,21)/t5-,6+,8+,9-,10+/m0/s1. The first-order valence-electron chi connectivity index (χ1n) is 6.69. The smallest absolute Gasteiger partial charge is 0.347 e. The number of aliphatic carboxylic acids is 1. The second-order valence-corrected chi connectivity index (χ2v) is 4.77. The summed E-state index contributed by atoms with van der Waals surface area (Å²) < 4.78 is 4.62. The van der Waals surface area contributed by atoms with Gasteiger partial charge in [-0.2, -0.15) is 0 Å². The highest BCUT2D eigenvalue weighted by atomic mass is 16.6. The molecule has 0 saturated heterocycles. The largest absolute Gasteiger partial charge is 0.478 e. The van der Waals surface area contributed by atoms with Crippen molar-refractivity contribution in [3.63, 3.8) is 0 Å². The number of carbonyl (C=O) groups is 3. The average molecular weight is 338 g/mol. The Morgan fingerprint density at radius 3 is 2.13 bits per heavy atom. The molecule has 0 unspecified atom stereocenters. The van der Waals surface area contributed by atoms with Crippen LogP contribution in [0.15, 0.2) is 0 Å². The number of primary amides is 1. The molecule has 0 aliphatic heterocycles. The Hall–Kier alpha value is -1.79. The molecule has 0 rings (SSSR count). The predicted octanol–water partition coefficient (Wildman–Crippen LogP) is -4.09. The Labute approximate surface area is 131 Å². The fourth-order valence-corrected chi connectivity index (χ4v) is 1.65. The van der Waals surface area contributed by atoms with Gasteiger partial charge in [0.15, 0.2) is 0 Å². The summed E-state index contributed by atoms with van der Waals surface area (Å²) in [6.45, 7) is -0.934. The number of likely N-dealkylation sites (N-methyl/N-ethyl adjacent to an activating group) is 1. The molecular weight excluding hydrogens is 316 g/mol. The van der Waals surface area contributed by atoms with E-state index in [2.05, 4.69) is 10.1 Å². The molecule has 0 aliphatic rings. The van der Waals surface area contributed by atoms with E-state index in [-0.39, 0.29) is 12.8 Å². The summed E-state index contributed by atoms with van der Waals surface area (Å²) in [5, 5.41) is 48.6. The van der Waals surface area contributed by atoms with Crippen LogP contribution < -0.4 is 11.1 Å². The van der Waals surface area contributed by atoms with Crippen molar-refractivity contribution in [3.05, 3.63) is 0 Å². The molecular formula is C12H22N2O9. The van der Waals surface area contributed by atoms with Gasteiger partial charge in [0.25, 0.3) is 0 Å². The van der Waals surface area contributed by atoms with E-state index in [1.54, 1.807) is 0 Å². The molecule has 0 radical (unpaired) electrons. The van der Waals surface area contributed by atoms with Crippen LogP contribution in [0.4, 0.5) is 0 Å². The zero-order valence-electron chi connectivity index (χ0n) is 12.5. The van der Waals surface area contributed by atoms with Crippen LogP contribution in [-0.2, 0) is 19.1 Å². The quantitative estimate of drug-likeness (QED) is 0.182. The Kier molecular flexibility index (Phi) is 9.29. The number of rotatable bonds is 11. The van der Waals surface area contributed by atoms with Gasteiger partial charge >= 0.3 is 11.9 Å². The van der Waals surface area contributed by atoms with Crippen LogP contribution in [0.2, 0.25) is 0 Å². The van der Waals surface area contributed by atoms with Gasteiger partial charge in [0.05, 0.1) is 6.61 Å². The topological polar surface area (TPSA) is 200 Å². The number of carboxylic acids is 1. The maximum atomic E-state index is 11.9. The zero-order chi connectivity index (χ0) is 18.2. The Morgan fingerprint density at radius 1 is 1.17 bits per heavy atom. The Balaban J connectivity index is 4.94. The molecule has 0 aliphatic carbocycles. The van der Waals surface area contributed by atoms with Crippen LogP contribution in [0.5, 0.6) is 0 Å². The highest BCUT2D eigenvalue weighted by molar-refractivity contribution is 5.82. The maximum absolute atomic E-state index is 11.9. The fraction of sp³-hybridized carbons (Fsp3) is 0.750. The highest BCUT2D eigenvalue weighted by Gasteiger charge is 2.39. The number of nitrogens with one attached hydrogen (secondary N) is 1. The van der Waals surface area contributed by atoms with Crippen molar-refractivity contribution in [1.29, 1.82) is 0 Å². The van der Waals surface area contributed by atoms with E-state index in [0.717, 1.165) is 0 Å².